The Labute approximate surface area is 134 Å². The van der Waals surface area contributed by atoms with E-state index >= 15 is 0 Å². The summed E-state index contributed by atoms with van der Waals surface area (Å²) in [5, 5.41) is 3.36. The molecule has 0 aliphatic carbocycles. The Kier molecular flexibility index (Phi) is 5.22. The van der Waals surface area contributed by atoms with Crippen molar-refractivity contribution in [2.45, 2.75) is 17.1 Å². The minimum absolute atomic E-state index is 0.194. The monoisotopic (exact) mass is 341 g/mol. The highest BCUT2D eigenvalue weighted by Crippen LogP contribution is 2.26. The third-order valence-electron chi connectivity index (χ3n) is 2.47. The highest BCUT2D eigenvalue weighted by molar-refractivity contribution is 8.00. The Bertz CT molecular complexity index is 658. The van der Waals surface area contributed by atoms with Crippen molar-refractivity contribution in [2.75, 3.05) is 5.32 Å². The van der Waals surface area contributed by atoms with Crippen LogP contribution in [0.1, 0.15) is 16.6 Å². The number of anilines is 1. The first-order chi connectivity index (χ1) is 9.95. The molecule has 0 radical (unpaired) electrons. The molecule has 1 atom stereocenters. The zero-order valence-corrected chi connectivity index (χ0v) is 13.4. The molecule has 0 aliphatic rings. The van der Waals surface area contributed by atoms with Crippen LogP contribution >= 0.6 is 34.7 Å². The summed E-state index contributed by atoms with van der Waals surface area (Å²) in [6.45, 7) is 1.79. The van der Waals surface area contributed by atoms with Gasteiger partial charge in [0.05, 0.1) is 11.4 Å². The van der Waals surface area contributed by atoms with Crippen LogP contribution in [0, 0.1) is 0 Å². The number of hydrogen-bond acceptors (Lipinski definition) is 5. The Balaban J connectivity index is 1.95. The lowest BCUT2D eigenvalue weighted by Gasteiger charge is -2.10. The number of aromatic nitrogens is 1. The van der Waals surface area contributed by atoms with E-state index in [9.17, 15) is 9.59 Å². The molecule has 21 heavy (non-hydrogen) atoms. The minimum Gasteiger partial charge on any atom is -0.365 e. The molecule has 3 N–H and O–H groups in total. The average Bonchev–Trinajstić information content (AvgIpc) is 2.90. The van der Waals surface area contributed by atoms with Crippen LogP contribution in [0.2, 0.25) is 5.02 Å². The fourth-order valence-electron chi connectivity index (χ4n) is 1.42. The van der Waals surface area contributed by atoms with E-state index in [4.69, 9.17) is 17.3 Å². The topological polar surface area (TPSA) is 85.1 Å². The van der Waals surface area contributed by atoms with Gasteiger partial charge < -0.3 is 11.1 Å². The molecule has 0 aliphatic heterocycles. The summed E-state index contributed by atoms with van der Waals surface area (Å²) in [6, 6.07) is 7.25. The molecule has 2 rings (SSSR count). The molecule has 1 unspecified atom stereocenters. The maximum Gasteiger partial charge on any atom is 0.260 e. The van der Waals surface area contributed by atoms with Crippen molar-refractivity contribution in [3.63, 3.8) is 0 Å². The van der Waals surface area contributed by atoms with Gasteiger partial charge in [0.1, 0.15) is 4.88 Å². The van der Waals surface area contributed by atoms with Gasteiger partial charge in [-0.2, -0.15) is 0 Å². The van der Waals surface area contributed by atoms with Gasteiger partial charge in [-0.1, -0.05) is 22.9 Å². The summed E-state index contributed by atoms with van der Waals surface area (Å²) in [5.41, 5.74) is 5.14. The van der Waals surface area contributed by atoms with Gasteiger partial charge in [-0.25, -0.2) is 4.98 Å². The summed E-state index contributed by atoms with van der Waals surface area (Å²) in [4.78, 5) is 28.2. The summed E-state index contributed by atoms with van der Waals surface area (Å²) in [7, 11) is 0. The molecule has 1 heterocycles. The number of halogens is 1. The zero-order valence-electron chi connectivity index (χ0n) is 11.0. The molecule has 0 bridgehead atoms. The van der Waals surface area contributed by atoms with Gasteiger partial charge in [0.25, 0.3) is 5.91 Å². The van der Waals surface area contributed by atoms with E-state index in [2.05, 4.69) is 10.3 Å². The van der Waals surface area contributed by atoms with Gasteiger partial charge in [0.15, 0.2) is 5.13 Å². The average molecular weight is 342 g/mol. The SMILES string of the molecule is CC(Sc1ccc(Cl)cc1)C(=O)Nc1ncc(C(N)=O)s1. The van der Waals surface area contributed by atoms with Crippen molar-refractivity contribution in [1.29, 1.82) is 0 Å². The third kappa shape index (κ3) is 4.45. The van der Waals surface area contributed by atoms with Crippen LogP contribution in [-0.4, -0.2) is 22.0 Å². The number of thioether (sulfide) groups is 1. The number of carbonyl (C=O) groups is 2. The van der Waals surface area contributed by atoms with Crippen molar-refractivity contribution in [3.05, 3.63) is 40.4 Å². The van der Waals surface area contributed by atoms with Crippen LogP contribution in [0.25, 0.3) is 0 Å². The fraction of sp³-hybridized carbons (Fsp3) is 0.154. The number of rotatable bonds is 5. The standard InChI is InChI=1S/C13H12ClN3O2S2/c1-7(20-9-4-2-8(14)3-5-9)12(19)17-13-16-6-10(21-13)11(15)18/h2-7H,1H3,(H2,15,18)(H,16,17,19). The number of benzene rings is 1. The number of thiazole rings is 1. The van der Waals surface area contributed by atoms with Crippen LogP contribution in [0.5, 0.6) is 0 Å². The molecule has 2 aromatic rings. The van der Waals surface area contributed by atoms with Crippen molar-refractivity contribution in [2.24, 2.45) is 5.73 Å². The summed E-state index contributed by atoms with van der Waals surface area (Å²) >= 11 is 8.27. The van der Waals surface area contributed by atoms with Crippen LogP contribution in [0.4, 0.5) is 5.13 Å². The molecule has 110 valence electrons. The van der Waals surface area contributed by atoms with Gasteiger partial charge in [0, 0.05) is 9.92 Å². The van der Waals surface area contributed by atoms with E-state index in [0.717, 1.165) is 16.2 Å². The number of carbonyl (C=O) groups excluding carboxylic acids is 2. The molecule has 0 fully saturated rings. The smallest absolute Gasteiger partial charge is 0.260 e. The van der Waals surface area contributed by atoms with E-state index in [1.54, 1.807) is 19.1 Å². The summed E-state index contributed by atoms with van der Waals surface area (Å²) in [5.74, 6) is -0.753. The Morgan fingerprint density at radius 2 is 2.05 bits per heavy atom. The fourth-order valence-corrected chi connectivity index (χ4v) is 3.09. The Hall–Kier alpha value is -1.57. The van der Waals surface area contributed by atoms with Crippen molar-refractivity contribution >= 4 is 51.6 Å². The molecule has 0 saturated heterocycles. The zero-order chi connectivity index (χ0) is 15.4. The first kappa shape index (κ1) is 15.8. The molecule has 1 aromatic carbocycles. The number of nitrogens with one attached hydrogen (secondary N) is 1. The van der Waals surface area contributed by atoms with Gasteiger partial charge >= 0.3 is 0 Å². The predicted octanol–water partition coefficient (Wildman–Crippen LogP) is 3.01. The molecule has 5 nitrogen and oxygen atoms in total. The second-order valence-electron chi connectivity index (χ2n) is 4.10. The van der Waals surface area contributed by atoms with Gasteiger partial charge in [0.2, 0.25) is 5.91 Å². The third-order valence-corrected chi connectivity index (χ3v) is 4.77. The second kappa shape index (κ2) is 6.93. The van der Waals surface area contributed by atoms with E-state index in [0.29, 0.717) is 15.0 Å². The van der Waals surface area contributed by atoms with Crippen LogP contribution in [0.15, 0.2) is 35.4 Å². The quantitative estimate of drug-likeness (QED) is 0.818. The molecule has 0 spiro atoms. The highest BCUT2D eigenvalue weighted by Gasteiger charge is 2.16. The maximum atomic E-state index is 12.1. The highest BCUT2D eigenvalue weighted by atomic mass is 35.5. The lowest BCUT2D eigenvalue weighted by molar-refractivity contribution is -0.115. The van der Waals surface area contributed by atoms with Crippen molar-refractivity contribution < 1.29 is 9.59 Å². The van der Waals surface area contributed by atoms with Crippen LogP contribution in [-0.2, 0) is 4.79 Å². The first-order valence-electron chi connectivity index (χ1n) is 5.94. The summed E-state index contributed by atoms with van der Waals surface area (Å²) in [6.07, 6.45) is 1.35. The van der Waals surface area contributed by atoms with Crippen molar-refractivity contribution in [3.8, 4) is 0 Å². The second-order valence-corrected chi connectivity index (χ2v) is 6.98. The molecule has 2 amide bonds. The largest absolute Gasteiger partial charge is 0.365 e. The number of primary amides is 1. The Morgan fingerprint density at radius 1 is 1.38 bits per heavy atom. The van der Waals surface area contributed by atoms with E-state index in [-0.39, 0.29) is 11.2 Å². The van der Waals surface area contributed by atoms with Gasteiger partial charge in [-0.05, 0) is 31.2 Å². The summed E-state index contributed by atoms with van der Waals surface area (Å²) < 4.78 is 0. The molecule has 8 heteroatoms. The van der Waals surface area contributed by atoms with E-state index in [1.807, 2.05) is 12.1 Å². The minimum atomic E-state index is -0.559. The Morgan fingerprint density at radius 3 is 2.62 bits per heavy atom. The molecular weight excluding hydrogens is 330 g/mol. The number of amides is 2. The van der Waals surface area contributed by atoms with Crippen LogP contribution in [0.3, 0.4) is 0 Å². The first-order valence-corrected chi connectivity index (χ1v) is 8.02. The van der Waals surface area contributed by atoms with Crippen molar-refractivity contribution in [1.82, 2.24) is 4.98 Å². The predicted molar refractivity (Wildman–Crippen MR) is 86.0 cm³/mol. The molecule has 1 aromatic heterocycles. The maximum absolute atomic E-state index is 12.1. The molecular formula is C13H12ClN3O2S2. The lowest BCUT2D eigenvalue weighted by Crippen LogP contribution is -2.22. The molecule has 0 saturated carbocycles. The van der Waals surface area contributed by atoms with E-state index in [1.165, 1.54) is 18.0 Å². The number of nitrogens with two attached hydrogens (primary N) is 1. The normalized spacial score (nSPS) is 11.9. The van der Waals surface area contributed by atoms with Gasteiger partial charge in [-0.3, -0.25) is 9.59 Å². The van der Waals surface area contributed by atoms with Crippen LogP contribution < -0.4 is 11.1 Å². The number of hydrogen-bond donors (Lipinski definition) is 2. The van der Waals surface area contributed by atoms with Gasteiger partial charge in [-0.15, -0.1) is 11.8 Å². The number of nitrogens with zero attached hydrogens (tertiary/aromatic N) is 1. The van der Waals surface area contributed by atoms with E-state index < -0.39 is 5.91 Å². The lowest BCUT2D eigenvalue weighted by atomic mass is 10.4.